The molecule has 3 aromatic rings. The molecule has 0 aromatic heterocycles. The second kappa shape index (κ2) is 9.32. The van der Waals surface area contributed by atoms with Crippen molar-refractivity contribution in [1.82, 2.24) is 0 Å². The third-order valence-electron chi connectivity index (χ3n) is 4.60. The smallest absolute Gasteiger partial charge is 0.387 e. The van der Waals surface area contributed by atoms with E-state index in [4.69, 9.17) is 9.47 Å². The maximum absolute atomic E-state index is 12.6. The molecule has 32 heavy (non-hydrogen) atoms. The van der Waals surface area contributed by atoms with Gasteiger partial charge in [-0.3, -0.25) is 9.59 Å². The molecular weight excluding hydrogens is 486 g/mol. The van der Waals surface area contributed by atoms with Gasteiger partial charge in [-0.1, -0.05) is 46.3 Å². The number of benzene rings is 3. The van der Waals surface area contributed by atoms with Crippen molar-refractivity contribution in [2.24, 2.45) is 0 Å². The van der Waals surface area contributed by atoms with Gasteiger partial charge >= 0.3 is 6.61 Å². The fourth-order valence-electron chi connectivity index (χ4n) is 3.07. The van der Waals surface area contributed by atoms with Gasteiger partial charge in [-0.15, -0.1) is 0 Å². The molecule has 5 nitrogen and oxygen atoms in total. The molecule has 0 saturated heterocycles. The summed E-state index contributed by atoms with van der Waals surface area (Å²) in [6.45, 7) is -3.18. The second-order valence-electron chi connectivity index (χ2n) is 6.73. The number of Topliss-reactive ketones (excluding diaryl/α,β-unsaturated/α-hetero) is 2. The van der Waals surface area contributed by atoms with Crippen molar-refractivity contribution in [3.8, 4) is 17.2 Å². The van der Waals surface area contributed by atoms with E-state index in [1.807, 2.05) is 0 Å². The number of para-hydroxylation sites is 1. The molecule has 8 heteroatoms. The van der Waals surface area contributed by atoms with Crippen LogP contribution in [-0.2, 0) is 0 Å². The Kier molecular flexibility index (Phi) is 6.32. The maximum Gasteiger partial charge on any atom is 0.387 e. The molecule has 0 aliphatic carbocycles. The lowest BCUT2D eigenvalue weighted by Crippen LogP contribution is -2.11. The van der Waals surface area contributed by atoms with E-state index in [1.165, 1.54) is 30.3 Å². The molecule has 0 atom stereocenters. The maximum atomic E-state index is 12.6. The molecule has 0 amide bonds. The highest BCUT2D eigenvalue weighted by Gasteiger charge is 2.28. The summed E-state index contributed by atoms with van der Waals surface area (Å²) in [7, 11) is 0. The molecule has 0 unspecified atom stereocenters. The number of carbonyl (C=O) groups is 2. The van der Waals surface area contributed by atoms with E-state index in [0.29, 0.717) is 16.9 Å². The number of halogens is 3. The van der Waals surface area contributed by atoms with E-state index in [9.17, 15) is 18.4 Å². The number of ketones is 2. The highest BCUT2D eigenvalue weighted by molar-refractivity contribution is 9.10. The quantitative estimate of drug-likeness (QED) is 0.297. The van der Waals surface area contributed by atoms with E-state index in [0.717, 1.165) is 4.47 Å². The van der Waals surface area contributed by atoms with Gasteiger partial charge in [0.15, 0.2) is 18.1 Å². The third kappa shape index (κ3) is 4.86. The number of hydrogen-bond donors (Lipinski definition) is 0. The Morgan fingerprint density at radius 2 is 1.81 bits per heavy atom. The SMILES string of the molecule is O=C(COc1ccc2c(c1)O/C(=C\c1ccccc1OC(F)F)C2=O)c1ccc(Br)cc1. The summed E-state index contributed by atoms with van der Waals surface area (Å²) in [5.74, 6) is -0.103. The fraction of sp³-hybridized carbons (Fsp3) is 0.0833. The first-order valence-electron chi connectivity index (χ1n) is 9.44. The summed E-state index contributed by atoms with van der Waals surface area (Å²) in [4.78, 5) is 24.9. The van der Waals surface area contributed by atoms with Crippen LogP contribution in [0.3, 0.4) is 0 Å². The van der Waals surface area contributed by atoms with Gasteiger partial charge < -0.3 is 14.2 Å². The lowest BCUT2D eigenvalue weighted by atomic mass is 10.1. The standard InChI is InChI=1S/C24H15BrF2O5/c25-16-7-5-14(6-8-16)19(28)13-30-17-9-10-18-21(12-17)31-22(23(18)29)11-15-3-1-2-4-20(15)32-24(26)27/h1-12,24H,13H2/b22-11-. The average molecular weight is 501 g/mol. The second-order valence-corrected chi connectivity index (χ2v) is 7.65. The molecular formula is C24H15BrF2O5. The van der Waals surface area contributed by atoms with Crippen LogP contribution in [0.2, 0.25) is 0 Å². The Labute approximate surface area is 190 Å². The van der Waals surface area contributed by atoms with Crippen molar-refractivity contribution in [3.63, 3.8) is 0 Å². The number of ether oxygens (including phenoxy) is 3. The number of hydrogen-bond acceptors (Lipinski definition) is 5. The van der Waals surface area contributed by atoms with Gasteiger partial charge in [0.25, 0.3) is 0 Å². The summed E-state index contributed by atoms with van der Waals surface area (Å²) < 4.78 is 41.8. The first-order chi connectivity index (χ1) is 15.4. The molecule has 162 valence electrons. The molecule has 3 aromatic carbocycles. The van der Waals surface area contributed by atoms with Crippen molar-refractivity contribution >= 4 is 33.6 Å². The predicted octanol–water partition coefficient (Wildman–Crippen LogP) is 5.93. The third-order valence-corrected chi connectivity index (χ3v) is 5.13. The average Bonchev–Trinajstić information content (AvgIpc) is 3.08. The summed E-state index contributed by atoms with van der Waals surface area (Å²) in [6, 6.07) is 17.6. The Morgan fingerprint density at radius 1 is 1.06 bits per heavy atom. The van der Waals surface area contributed by atoms with Gasteiger partial charge in [-0.05, 0) is 36.4 Å². The topological polar surface area (TPSA) is 61.8 Å². The molecule has 0 spiro atoms. The largest absolute Gasteiger partial charge is 0.485 e. The number of fused-ring (bicyclic) bond motifs is 1. The van der Waals surface area contributed by atoms with Crippen molar-refractivity contribution in [1.29, 1.82) is 0 Å². The Morgan fingerprint density at radius 3 is 2.56 bits per heavy atom. The number of allylic oxidation sites excluding steroid dienone is 1. The summed E-state index contributed by atoms with van der Waals surface area (Å²) in [6.07, 6.45) is 1.34. The van der Waals surface area contributed by atoms with Gasteiger partial charge in [0.2, 0.25) is 5.78 Å². The molecule has 0 N–H and O–H groups in total. The molecule has 1 aliphatic rings. The minimum Gasteiger partial charge on any atom is -0.485 e. The zero-order valence-corrected chi connectivity index (χ0v) is 18.0. The molecule has 0 radical (unpaired) electrons. The van der Waals surface area contributed by atoms with Crippen LogP contribution in [0.1, 0.15) is 26.3 Å². The summed E-state index contributed by atoms with van der Waals surface area (Å²) >= 11 is 3.31. The lowest BCUT2D eigenvalue weighted by molar-refractivity contribution is -0.0500. The van der Waals surface area contributed by atoms with Crippen LogP contribution in [-0.4, -0.2) is 24.8 Å². The van der Waals surface area contributed by atoms with Gasteiger partial charge in [0.05, 0.1) is 5.56 Å². The van der Waals surface area contributed by atoms with Crippen LogP contribution in [0, 0.1) is 0 Å². The van der Waals surface area contributed by atoms with Crippen LogP contribution in [0.4, 0.5) is 8.78 Å². The van der Waals surface area contributed by atoms with E-state index in [2.05, 4.69) is 20.7 Å². The van der Waals surface area contributed by atoms with E-state index >= 15 is 0 Å². The number of carbonyl (C=O) groups excluding carboxylic acids is 2. The summed E-state index contributed by atoms with van der Waals surface area (Å²) in [5.41, 5.74) is 1.09. The van der Waals surface area contributed by atoms with Crippen molar-refractivity contribution in [3.05, 3.63) is 93.7 Å². The van der Waals surface area contributed by atoms with Gasteiger partial charge in [0, 0.05) is 21.7 Å². The lowest BCUT2D eigenvalue weighted by Gasteiger charge is -2.08. The first kappa shape index (κ1) is 21.7. The Bertz CT molecular complexity index is 1210. The number of rotatable bonds is 7. The van der Waals surface area contributed by atoms with Gasteiger partial charge in [0.1, 0.15) is 17.2 Å². The van der Waals surface area contributed by atoms with Crippen LogP contribution < -0.4 is 14.2 Å². The van der Waals surface area contributed by atoms with Crippen LogP contribution >= 0.6 is 15.9 Å². The van der Waals surface area contributed by atoms with Gasteiger partial charge in [-0.25, -0.2) is 0 Å². The van der Waals surface area contributed by atoms with Crippen molar-refractivity contribution in [2.75, 3.05) is 6.61 Å². The molecule has 4 rings (SSSR count). The van der Waals surface area contributed by atoms with Crippen LogP contribution in [0.5, 0.6) is 17.2 Å². The molecule has 0 fully saturated rings. The summed E-state index contributed by atoms with van der Waals surface area (Å²) in [5, 5.41) is 0. The fourth-order valence-corrected chi connectivity index (χ4v) is 3.33. The Hall–Kier alpha value is -3.52. The highest BCUT2D eigenvalue weighted by atomic mass is 79.9. The van der Waals surface area contributed by atoms with Crippen molar-refractivity contribution in [2.45, 2.75) is 6.61 Å². The zero-order valence-electron chi connectivity index (χ0n) is 16.4. The van der Waals surface area contributed by atoms with Crippen LogP contribution in [0.25, 0.3) is 6.08 Å². The monoisotopic (exact) mass is 500 g/mol. The molecule has 0 bridgehead atoms. The predicted molar refractivity (Wildman–Crippen MR) is 116 cm³/mol. The first-order valence-corrected chi connectivity index (χ1v) is 10.2. The Balaban J connectivity index is 1.48. The van der Waals surface area contributed by atoms with E-state index in [1.54, 1.807) is 42.5 Å². The van der Waals surface area contributed by atoms with Gasteiger partial charge in [-0.2, -0.15) is 8.78 Å². The minimum absolute atomic E-state index is 0.0339. The zero-order chi connectivity index (χ0) is 22.7. The molecule has 1 aliphatic heterocycles. The molecule has 0 saturated carbocycles. The highest BCUT2D eigenvalue weighted by Crippen LogP contribution is 2.36. The molecule has 1 heterocycles. The van der Waals surface area contributed by atoms with Crippen molar-refractivity contribution < 1.29 is 32.6 Å². The van der Waals surface area contributed by atoms with E-state index in [-0.39, 0.29) is 35.2 Å². The minimum atomic E-state index is -2.99. The number of alkyl halides is 2. The normalized spacial score (nSPS) is 13.8. The van der Waals surface area contributed by atoms with E-state index < -0.39 is 12.4 Å². The van der Waals surface area contributed by atoms with Crippen LogP contribution in [0.15, 0.2) is 77.0 Å².